The van der Waals surface area contributed by atoms with E-state index in [0.717, 1.165) is 5.56 Å². The minimum absolute atomic E-state index is 0.0611. The van der Waals surface area contributed by atoms with E-state index in [4.69, 9.17) is 11.6 Å². The topological polar surface area (TPSA) is 78.4 Å². The van der Waals surface area contributed by atoms with Gasteiger partial charge in [0.05, 0.1) is 6.54 Å². The van der Waals surface area contributed by atoms with Crippen molar-refractivity contribution >= 4 is 40.4 Å². The lowest BCUT2D eigenvalue weighted by Crippen LogP contribution is -2.42. The molecule has 0 aliphatic carbocycles. The first-order chi connectivity index (χ1) is 10.8. The molecule has 1 aromatic heterocycles. The maximum Gasteiger partial charge on any atom is 0.313 e. The van der Waals surface area contributed by atoms with E-state index < -0.39 is 17.4 Å². The van der Waals surface area contributed by atoms with Gasteiger partial charge in [0.2, 0.25) is 0 Å². The second-order valence-electron chi connectivity index (χ2n) is 5.35. The van der Waals surface area contributed by atoms with Crippen molar-refractivity contribution in [2.75, 3.05) is 11.9 Å². The number of aliphatic hydroxyl groups is 1. The first-order valence-electron chi connectivity index (χ1n) is 6.91. The van der Waals surface area contributed by atoms with Crippen molar-refractivity contribution in [3.05, 3.63) is 51.2 Å². The van der Waals surface area contributed by atoms with Crippen LogP contribution in [0, 0.1) is 6.92 Å². The van der Waals surface area contributed by atoms with Crippen LogP contribution in [-0.4, -0.2) is 23.5 Å². The number of benzene rings is 1. The van der Waals surface area contributed by atoms with Crippen LogP contribution in [0.5, 0.6) is 0 Å². The fourth-order valence-electron chi connectivity index (χ4n) is 1.86. The monoisotopic (exact) mass is 352 g/mol. The summed E-state index contributed by atoms with van der Waals surface area (Å²) in [4.78, 5) is 24.4. The van der Waals surface area contributed by atoms with E-state index >= 15 is 0 Å². The molecule has 122 valence electrons. The van der Waals surface area contributed by atoms with Crippen molar-refractivity contribution in [2.45, 2.75) is 19.4 Å². The number of amides is 2. The summed E-state index contributed by atoms with van der Waals surface area (Å²) in [6.07, 6.45) is 0. The third kappa shape index (κ3) is 4.54. The van der Waals surface area contributed by atoms with Crippen LogP contribution in [0.15, 0.2) is 35.7 Å². The SMILES string of the molecule is Cc1ccc(NC(=O)C(=O)NCC(C)(O)c2cccs2)cc1Cl. The fourth-order valence-corrected chi connectivity index (χ4v) is 2.83. The lowest BCUT2D eigenvalue weighted by atomic mass is 10.1. The van der Waals surface area contributed by atoms with E-state index in [1.165, 1.54) is 11.3 Å². The quantitative estimate of drug-likeness (QED) is 0.740. The van der Waals surface area contributed by atoms with Gasteiger partial charge >= 0.3 is 11.8 Å². The second-order valence-corrected chi connectivity index (χ2v) is 6.71. The zero-order valence-electron chi connectivity index (χ0n) is 12.7. The van der Waals surface area contributed by atoms with Gasteiger partial charge in [0.25, 0.3) is 0 Å². The molecule has 7 heteroatoms. The maximum atomic E-state index is 11.9. The standard InChI is InChI=1S/C16H17ClN2O3S/c1-10-5-6-11(8-12(10)17)19-15(21)14(20)18-9-16(2,22)13-4-3-7-23-13/h3-8,22H,9H2,1-2H3,(H,18,20)(H,19,21). The van der Waals surface area contributed by atoms with E-state index in [0.29, 0.717) is 15.6 Å². The Bertz CT molecular complexity index is 714. The fraction of sp³-hybridized carbons (Fsp3) is 0.250. The van der Waals surface area contributed by atoms with Crippen molar-refractivity contribution < 1.29 is 14.7 Å². The number of halogens is 1. The average Bonchev–Trinajstić information content (AvgIpc) is 3.04. The number of carbonyl (C=O) groups is 2. The summed E-state index contributed by atoms with van der Waals surface area (Å²) in [7, 11) is 0. The first kappa shape index (κ1) is 17.5. The highest BCUT2D eigenvalue weighted by Crippen LogP contribution is 2.24. The van der Waals surface area contributed by atoms with E-state index in [1.807, 2.05) is 18.4 Å². The first-order valence-corrected chi connectivity index (χ1v) is 8.17. The van der Waals surface area contributed by atoms with Gasteiger partial charge in [-0.05, 0) is 43.0 Å². The summed E-state index contributed by atoms with van der Waals surface area (Å²) in [6, 6.07) is 8.56. The van der Waals surface area contributed by atoms with Gasteiger partial charge in [-0.3, -0.25) is 9.59 Å². The van der Waals surface area contributed by atoms with Gasteiger partial charge < -0.3 is 15.7 Å². The van der Waals surface area contributed by atoms with E-state index in [-0.39, 0.29) is 6.54 Å². The van der Waals surface area contributed by atoms with Gasteiger partial charge in [0.15, 0.2) is 0 Å². The molecular weight excluding hydrogens is 336 g/mol. The van der Waals surface area contributed by atoms with Crippen molar-refractivity contribution in [2.24, 2.45) is 0 Å². The Kier molecular flexibility index (Phi) is 5.41. The number of carbonyl (C=O) groups excluding carboxylic acids is 2. The van der Waals surface area contributed by atoms with E-state index in [9.17, 15) is 14.7 Å². The maximum absolute atomic E-state index is 11.9. The van der Waals surface area contributed by atoms with Crippen LogP contribution in [0.4, 0.5) is 5.69 Å². The van der Waals surface area contributed by atoms with Crippen molar-refractivity contribution in [3.8, 4) is 0 Å². The number of hydrogen-bond acceptors (Lipinski definition) is 4. The van der Waals surface area contributed by atoms with Crippen molar-refractivity contribution in [3.63, 3.8) is 0 Å². The summed E-state index contributed by atoms with van der Waals surface area (Å²) in [6.45, 7) is 3.36. The van der Waals surface area contributed by atoms with Crippen LogP contribution in [-0.2, 0) is 15.2 Å². The smallest absolute Gasteiger partial charge is 0.313 e. The normalized spacial score (nSPS) is 13.2. The number of hydrogen-bond donors (Lipinski definition) is 3. The molecule has 1 atom stereocenters. The van der Waals surface area contributed by atoms with Gasteiger partial charge in [-0.15, -0.1) is 11.3 Å². The molecule has 1 unspecified atom stereocenters. The third-order valence-corrected chi connectivity index (χ3v) is 4.81. The Morgan fingerprint density at radius 3 is 2.65 bits per heavy atom. The molecule has 0 saturated heterocycles. The van der Waals surface area contributed by atoms with Gasteiger partial charge in [-0.25, -0.2) is 0 Å². The number of aryl methyl sites for hydroxylation is 1. The number of rotatable bonds is 4. The zero-order chi connectivity index (χ0) is 17.0. The van der Waals surface area contributed by atoms with Crippen LogP contribution in [0.3, 0.4) is 0 Å². The molecular formula is C16H17ClN2O3S. The van der Waals surface area contributed by atoms with Crippen molar-refractivity contribution in [1.82, 2.24) is 5.32 Å². The van der Waals surface area contributed by atoms with Crippen LogP contribution in [0.25, 0.3) is 0 Å². The van der Waals surface area contributed by atoms with Gasteiger partial charge in [0.1, 0.15) is 5.60 Å². The van der Waals surface area contributed by atoms with Crippen LogP contribution in [0.2, 0.25) is 5.02 Å². The largest absolute Gasteiger partial charge is 0.383 e. The average molecular weight is 353 g/mol. The predicted molar refractivity (Wildman–Crippen MR) is 91.7 cm³/mol. The molecule has 0 aliphatic rings. The van der Waals surface area contributed by atoms with Gasteiger partial charge in [-0.1, -0.05) is 23.7 Å². The Morgan fingerprint density at radius 2 is 2.04 bits per heavy atom. The molecule has 0 bridgehead atoms. The number of nitrogens with one attached hydrogen (secondary N) is 2. The Labute approximate surface area is 143 Å². The van der Waals surface area contributed by atoms with E-state index in [2.05, 4.69) is 10.6 Å². The Morgan fingerprint density at radius 1 is 1.30 bits per heavy atom. The van der Waals surface area contributed by atoms with E-state index in [1.54, 1.807) is 31.2 Å². The van der Waals surface area contributed by atoms with Crippen LogP contribution < -0.4 is 10.6 Å². The molecule has 0 spiro atoms. The molecule has 1 aromatic carbocycles. The lowest BCUT2D eigenvalue weighted by Gasteiger charge is -2.22. The molecule has 23 heavy (non-hydrogen) atoms. The van der Waals surface area contributed by atoms with Crippen LogP contribution in [0.1, 0.15) is 17.4 Å². The number of anilines is 1. The number of thiophene rings is 1. The Balaban J connectivity index is 1.92. The molecule has 3 N–H and O–H groups in total. The molecule has 0 radical (unpaired) electrons. The molecule has 1 heterocycles. The third-order valence-electron chi connectivity index (χ3n) is 3.28. The predicted octanol–water partition coefficient (Wildman–Crippen LogP) is 2.67. The van der Waals surface area contributed by atoms with Crippen LogP contribution >= 0.6 is 22.9 Å². The summed E-state index contributed by atoms with van der Waals surface area (Å²) in [5.41, 5.74) is 0.0870. The summed E-state index contributed by atoms with van der Waals surface area (Å²) in [5, 5.41) is 17.5. The molecule has 5 nitrogen and oxygen atoms in total. The molecule has 2 amide bonds. The van der Waals surface area contributed by atoms with Gasteiger partial charge in [-0.2, -0.15) is 0 Å². The van der Waals surface area contributed by atoms with Crippen molar-refractivity contribution in [1.29, 1.82) is 0 Å². The highest BCUT2D eigenvalue weighted by molar-refractivity contribution is 7.10. The minimum Gasteiger partial charge on any atom is -0.383 e. The summed E-state index contributed by atoms with van der Waals surface area (Å²) >= 11 is 7.35. The highest BCUT2D eigenvalue weighted by atomic mass is 35.5. The van der Waals surface area contributed by atoms with Gasteiger partial charge in [0, 0.05) is 15.6 Å². The summed E-state index contributed by atoms with van der Waals surface area (Å²) < 4.78 is 0. The lowest BCUT2D eigenvalue weighted by molar-refractivity contribution is -0.136. The molecule has 2 rings (SSSR count). The minimum atomic E-state index is -1.22. The summed E-state index contributed by atoms with van der Waals surface area (Å²) in [5.74, 6) is -1.63. The zero-order valence-corrected chi connectivity index (χ0v) is 14.3. The molecule has 2 aromatic rings. The Hall–Kier alpha value is -1.89. The molecule has 0 fully saturated rings. The highest BCUT2D eigenvalue weighted by Gasteiger charge is 2.26. The second kappa shape index (κ2) is 7.12. The molecule has 0 saturated carbocycles. The molecule has 0 aliphatic heterocycles.